The van der Waals surface area contributed by atoms with E-state index >= 15 is 0 Å². The second kappa shape index (κ2) is 8.06. The lowest BCUT2D eigenvalue weighted by Crippen LogP contribution is -2.53. The summed E-state index contributed by atoms with van der Waals surface area (Å²) in [6.45, 7) is 2.54. The number of carbonyl (C=O) groups is 3. The Balaban J connectivity index is 2.82. The van der Waals surface area contributed by atoms with Crippen LogP contribution in [0.2, 0.25) is 0 Å². The quantitative estimate of drug-likeness (QED) is 0.496. The van der Waals surface area contributed by atoms with E-state index in [9.17, 15) is 14.4 Å². The predicted molar refractivity (Wildman–Crippen MR) is 76.6 cm³/mol. The highest BCUT2D eigenvalue weighted by Crippen LogP contribution is 2.07. The van der Waals surface area contributed by atoms with E-state index in [0.717, 1.165) is 0 Å². The van der Waals surface area contributed by atoms with Crippen LogP contribution in [-0.4, -0.2) is 113 Å². The summed E-state index contributed by atoms with van der Waals surface area (Å²) in [7, 11) is 1.80. The molecule has 1 rings (SSSR count). The van der Waals surface area contributed by atoms with Gasteiger partial charge < -0.3 is 19.8 Å². The van der Waals surface area contributed by atoms with Crippen LogP contribution in [0.3, 0.4) is 0 Å². The maximum Gasteiger partial charge on any atom is 0.359 e. The Bertz CT molecular complexity index is 400. The molecule has 1 aliphatic rings. The van der Waals surface area contributed by atoms with Crippen LogP contribution < -0.4 is 0 Å². The van der Waals surface area contributed by atoms with Crippen LogP contribution in [0.1, 0.15) is 0 Å². The van der Waals surface area contributed by atoms with E-state index in [-0.39, 0.29) is 24.1 Å². The molecule has 0 aliphatic carbocycles. The molecule has 1 aliphatic heterocycles. The van der Waals surface area contributed by atoms with Crippen molar-refractivity contribution in [3.05, 3.63) is 0 Å². The number of hydrogen-bond acceptors (Lipinski definition) is 5. The third-order valence-electron chi connectivity index (χ3n) is 3.88. The highest BCUT2D eigenvalue weighted by molar-refractivity contribution is 5.69. The van der Waals surface area contributed by atoms with Crippen molar-refractivity contribution in [3.63, 3.8) is 0 Å². The summed E-state index contributed by atoms with van der Waals surface area (Å²) in [6.07, 6.45) is 0. The number of carboxylic acid groups (broad SMARTS) is 3. The van der Waals surface area contributed by atoms with Crippen LogP contribution in [0.25, 0.3) is 0 Å². The molecular weight excluding hydrogens is 294 g/mol. The van der Waals surface area contributed by atoms with Crippen LogP contribution in [0.5, 0.6) is 0 Å². The van der Waals surface area contributed by atoms with Crippen molar-refractivity contribution in [2.75, 3.05) is 66.0 Å². The minimum atomic E-state index is -0.948. The predicted octanol–water partition coefficient (Wildman–Crippen LogP) is -1.70. The molecule has 0 aromatic heterocycles. The number of nitrogens with zero attached hydrogens (tertiary/aromatic N) is 3. The third kappa shape index (κ3) is 6.83. The van der Waals surface area contributed by atoms with Crippen LogP contribution >= 0.6 is 0 Å². The van der Waals surface area contributed by atoms with E-state index < -0.39 is 17.9 Å². The maximum absolute atomic E-state index is 11.0. The second-order valence-corrected chi connectivity index (χ2v) is 5.96. The van der Waals surface area contributed by atoms with Crippen molar-refractivity contribution in [2.45, 2.75) is 0 Å². The van der Waals surface area contributed by atoms with E-state index in [0.29, 0.717) is 39.3 Å². The summed E-state index contributed by atoms with van der Waals surface area (Å²) < 4.78 is 0.252. The molecule has 0 atom stereocenters. The largest absolute Gasteiger partial charge is 0.480 e. The molecule has 0 spiro atoms. The Kier molecular flexibility index (Phi) is 6.72. The molecule has 9 nitrogen and oxygen atoms in total. The topological polar surface area (TPSA) is 118 Å². The molecule has 1 saturated heterocycles. The van der Waals surface area contributed by atoms with E-state index in [1.807, 2.05) is 0 Å². The molecule has 3 N–H and O–H groups in total. The molecule has 22 heavy (non-hydrogen) atoms. The van der Waals surface area contributed by atoms with Crippen molar-refractivity contribution >= 4 is 17.9 Å². The average molecular weight is 318 g/mol. The molecular formula is C13H24N3O6+. The van der Waals surface area contributed by atoms with Gasteiger partial charge in [-0.2, -0.15) is 0 Å². The average Bonchev–Trinajstić information content (AvgIpc) is 2.42. The van der Waals surface area contributed by atoms with Crippen molar-refractivity contribution in [1.29, 1.82) is 0 Å². The lowest BCUT2D eigenvalue weighted by molar-refractivity contribution is -0.901. The Morgan fingerprint density at radius 2 is 1.23 bits per heavy atom. The van der Waals surface area contributed by atoms with Gasteiger partial charge in [0.05, 0.1) is 33.2 Å². The van der Waals surface area contributed by atoms with Gasteiger partial charge in [-0.15, -0.1) is 0 Å². The Hall–Kier alpha value is -1.71. The lowest BCUT2D eigenvalue weighted by Gasteiger charge is -2.34. The van der Waals surface area contributed by atoms with E-state index in [1.165, 1.54) is 0 Å². The van der Waals surface area contributed by atoms with E-state index in [2.05, 4.69) is 0 Å². The summed E-state index contributed by atoms with van der Waals surface area (Å²) in [5.74, 6) is -2.82. The van der Waals surface area contributed by atoms with Gasteiger partial charge in [0.2, 0.25) is 0 Å². The SMILES string of the molecule is C[N+]1(CC(=O)O)CCN(CC(=O)O)CCN(CC(=O)O)CC1. The lowest BCUT2D eigenvalue weighted by atomic mass is 10.3. The van der Waals surface area contributed by atoms with Gasteiger partial charge in [-0.05, 0) is 0 Å². The first-order chi connectivity index (χ1) is 10.2. The van der Waals surface area contributed by atoms with Crippen molar-refractivity contribution < 1.29 is 34.2 Å². The smallest absolute Gasteiger partial charge is 0.359 e. The Labute approximate surface area is 128 Å². The molecule has 1 fully saturated rings. The van der Waals surface area contributed by atoms with Gasteiger partial charge in [-0.1, -0.05) is 0 Å². The van der Waals surface area contributed by atoms with Crippen LogP contribution in [0, 0.1) is 0 Å². The monoisotopic (exact) mass is 318 g/mol. The fourth-order valence-electron chi connectivity index (χ4n) is 2.57. The first-order valence-corrected chi connectivity index (χ1v) is 7.14. The minimum absolute atomic E-state index is 0.0676. The van der Waals surface area contributed by atoms with E-state index in [4.69, 9.17) is 15.3 Å². The number of aliphatic carboxylic acids is 3. The van der Waals surface area contributed by atoms with Gasteiger partial charge in [0.15, 0.2) is 6.54 Å². The maximum atomic E-state index is 11.0. The second-order valence-electron chi connectivity index (χ2n) is 5.96. The number of hydrogen-bond donors (Lipinski definition) is 3. The number of likely N-dealkylation sites (N-methyl/N-ethyl adjacent to an activating group) is 1. The van der Waals surface area contributed by atoms with Crippen LogP contribution in [-0.2, 0) is 14.4 Å². The summed E-state index contributed by atoms with van der Waals surface area (Å²) in [5, 5.41) is 26.9. The summed E-state index contributed by atoms with van der Waals surface area (Å²) in [6, 6.07) is 0. The summed E-state index contributed by atoms with van der Waals surface area (Å²) in [4.78, 5) is 36.3. The first kappa shape index (κ1) is 18.3. The fraction of sp³-hybridized carbons (Fsp3) is 0.769. The molecule has 0 bridgehead atoms. The third-order valence-corrected chi connectivity index (χ3v) is 3.88. The van der Waals surface area contributed by atoms with Crippen LogP contribution in [0.15, 0.2) is 0 Å². The van der Waals surface area contributed by atoms with Gasteiger partial charge in [-0.3, -0.25) is 19.4 Å². The van der Waals surface area contributed by atoms with Crippen LogP contribution in [0.4, 0.5) is 0 Å². The molecule has 0 saturated carbocycles. The van der Waals surface area contributed by atoms with Gasteiger partial charge in [0, 0.05) is 26.2 Å². The highest BCUT2D eigenvalue weighted by Gasteiger charge is 2.29. The number of quaternary nitrogens is 1. The zero-order chi connectivity index (χ0) is 16.8. The molecule has 0 aromatic carbocycles. The Morgan fingerprint density at radius 1 is 0.818 bits per heavy atom. The molecule has 0 unspecified atom stereocenters. The molecule has 0 amide bonds. The van der Waals surface area contributed by atoms with Crippen molar-refractivity contribution in [3.8, 4) is 0 Å². The van der Waals surface area contributed by atoms with E-state index in [1.54, 1.807) is 16.8 Å². The zero-order valence-corrected chi connectivity index (χ0v) is 12.8. The van der Waals surface area contributed by atoms with Gasteiger partial charge >= 0.3 is 17.9 Å². The van der Waals surface area contributed by atoms with Crippen molar-refractivity contribution in [1.82, 2.24) is 9.80 Å². The zero-order valence-electron chi connectivity index (χ0n) is 12.8. The number of rotatable bonds is 6. The number of carboxylic acids is 3. The summed E-state index contributed by atoms with van der Waals surface area (Å²) in [5.41, 5.74) is 0. The normalized spacial score (nSPS) is 20.6. The first-order valence-electron chi connectivity index (χ1n) is 7.14. The molecule has 126 valence electrons. The van der Waals surface area contributed by atoms with Gasteiger partial charge in [0.25, 0.3) is 0 Å². The molecule has 9 heteroatoms. The van der Waals surface area contributed by atoms with Gasteiger partial charge in [0.1, 0.15) is 0 Å². The molecule has 0 aromatic rings. The standard InChI is InChI=1S/C13H23N3O6/c1-16(10-13(21)22)6-4-14(8-11(17)18)2-3-15(5-7-16)9-12(19)20/h2-10H2,1H3,(H2-,17,18,19,20,21,22)/p+1. The fourth-order valence-corrected chi connectivity index (χ4v) is 2.57. The molecule has 1 heterocycles. The molecule has 0 radical (unpaired) electrons. The van der Waals surface area contributed by atoms with Gasteiger partial charge in [-0.25, -0.2) is 4.79 Å². The highest BCUT2D eigenvalue weighted by atomic mass is 16.4. The summed E-state index contributed by atoms with van der Waals surface area (Å²) >= 11 is 0. The van der Waals surface area contributed by atoms with Crippen molar-refractivity contribution in [2.24, 2.45) is 0 Å². The Morgan fingerprint density at radius 3 is 1.55 bits per heavy atom. The minimum Gasteiger partial charge on any atom is -0.480 e.